The zero-order chi connectivity index (χ0) is 31.5. The zero-order valence-electron chi connectivity index (χ0n) is 25.3. The number of fused-ring (bicyclic) bond motifs is 1. The molecule has 0 spiro atoms. The van der Waals surface area contributed by atoms with Crippen LogP contribution in [0.3, 0.4) is 0 Å². The van der Waals surface area contributed by atoms with Gasteiger partial charge in [-0.1, -0.05) is 32.4 Å². The predicted molar refractivity (Wildman–Crippen MR) is 149 cm³/mol. The second-order valence-electron chi connectivity index (χ2n) is 13.6. The number of imide groups is 1. The van der Waals surface area contributed by atoms with Gasteiger partial charge in [0.15, 0.2) is 17.1 Å². The lowest BCUT2D eigenvalue weighted by Gasteiger charge is -2.67. The number of amides is 3. The van der Waals surface area contributed by atoms with Crippen molar-refractivity contribution in [2.24, 2.45) is 5.41 Å². The van der Waals surface area contributed by atoms with Crippen LogP contribution in [-0.4, -0.2) is 131 Å². The van der Waals surface area contributed by atoms with Crippen molar-refractivity contribution in [1.82, 2.24) is 29.6 Å². The molecule has 0 radical (unpaired) electrons. The van der Waals surface area contributed by atoms with Crippen molar-refractivity contribution in [2.75, 3.05) is 39.4 Å². The summed E-state index contributed by atoms with van der Waals surface area (Å²) in [6, 6.07) is -0.0665. The van der Waals surface area contributed by atoms with E-state index in [1.165, 1.54) is 4.90 Å². The first kappa shape index (κ1) is 33.0. The van der Waals surface area contributed by atoms with Crippen LogP contribution in [-0.2, 0) is 4.74 Å². The molecule has 0 aromatic carbocycles. The van der Waals surface area contributed by atoms with Crippen molar-refractivity contribution in [3.05, 3.63) is 11.6 Å². The van der Waals surface area contributed by atoms with E-state index in [0.717, 1.165) is 6.54 Å². The lowest BCUT2D eigenvalue weighted by molar-refractivity contribution is -0.207. The maximum atomic E-state index is 17.4. The van der Waals surface area contributed by atoms with Crippen LogP contribution in [0.5, 0.6) is 0 Å². The van der Waals surface area contributed by atoms with Crippen LogP contribution in [0.4, 0.5) is 18.8 Å². The molecule has 3 heterocycles. The largest absolute Gasteiger partial charge is 0.464 e. The van der Waals surface area contributed by atoms with Gasteiger partial charge in [0, 0.05) is 42.7 Å². The first-order valence-corrected chi connectivity index (χ1v) is 14.0. The van der Waals surface area contributed by atoms with Crippen molar-refractivity contribution in [3.8, 4) is 0 Å². The molecule has 2 unspecified atom stereocenters. The van der Waals surface area contributed by atoms with Gasteiger partial charge in [0.1, 0.15) is 5.82 Å². The molecule has 3 amide bonds. The van der Waals surface area contributed by atoms with Crippen molar-refractivity contribution in [3.63, 3.8) is 0 Å². The van der Waals surface area contributed by atoms with Gasteiger partial charge in [-0.05, 0) is 41.5 Å². The summed E-state index contributed by atoms with van der Waals surface area (Å²) in [5, 5.41) is 27.8. The number of alkyl halides is 1. The summed E-state index contributed by atoms with van der Waals surface area (Å²) < 4.78 is 23.1. The van der Waals surface area contributed by atoms with E-state index in [1.807, 2.05) is 41.5 Å². The number of halogens is 2. The summed E-state index contributed by atoms with van der Waals surface area (Å²) in [6.45, 7) is 19.1. The smallest absolute Gasteiger partial charge is 0.436 e. The Balaban J connectivity index is 2.45. The van der Waals surface area contributed by atoms with Crippen LogP contribution >= 0.6 is 11.6 Å². The summed E-state index contributed by atoms with van der Waals surface area (Å²) in [7, 11) is 0. The van der Waals surface area contributed by atoms with Gasteiger partial charge in [-0.25, -0.2) is 23.7 Å². The topological polar surface area (TPSA) is 141 Å². The number of hydrazine groups is 1. The molecular formula is C26H44ClFN6O7. The quantitative estimate of drug-likeness (QED) is 0.237. The van der Waals surface area contributed by atoms with E-state index in [9.17, 15) is 29.7 Å². The highest BCUT2D eigenvalue weighted by Gasteiger charge is 2.66. The molecule has 234 valence electrons. The average molecular weight is 607 g/mol. The van der Waals surface area contributed by atoms with E-state index >= 15 is 4.39 Å². The standard InChI is InChI=1S/C26H44ClFN6O7/c1-23(2,3)26(27)33(24(4,5)6)18(30-11-10-29-12-13-41-15-16(29)14-30)17(28)19(34(26)25(7,8)9)31(20(35)36)32(21(37)38)22(39)40/h16,19H,10-15H2,1-9H3,(H,35,36)(H,37,38)(H,39,40)/t16-,19?,26?/m1/s1. The molecule has 3 N–H and O–H groups in total. The highest BCUT2D eigenvalue weighted by atomic mass is 35.5. The second-order valence-corrected chi connectivity index (χ2v) is 14.2. The van der Waals surface area contributed by atoms with Crippen LogP contribution < -0.4 is 0 Å². The molecule has 3 rings (SSSR count). The SMILES string of the molecule is CC(C)(C)N1C(N2CCN3CCOC[C@H]3C2)=C(F)C(N(C(=O)O)N(C(=O)O)C(=O)O)N(C(C)(C)C)C1(Cl)C(C)(C)C. The molecule has 13 nitrogen and oxygen atoms in total. The number of hydrogen-bond donors (Lipinski definition) is 3. The number of carbonyl (C=O) groups is 3. The minimum Gasteiger partial charge on any atom is -0.464 e. The van der Waals surface area contributed by atoms with Gasteiger partial charge in [-0.2, -0.15) is 5.01 Å². The summed E-state index contributed by atoms with van der Waals surface area (Å²) >= 11 is 7.73. The Kier molecular flexibility index (Phi) is 8.79. The highest BCUT2D eigenvalue weighted by Crippen LogP contribution is 2.56. The van der Waals surface area contributed by atoms with Crippen molar-refractivity contribution in [2.45, 2.75) is 90.7 Å². The first-order valence-electron chi connectivity index (χ1n) is 13.6. The molecule has 15 heteroatoms. The van der Waals surface area contributed by atoms with Gasteiger partial charge < -0.3 is 29.9 Å². The number of rotatable bonds is 2. The molecular weight excluding hydrogens is 563 g/mol. The fraction of sp³-hybridized carbons (Fsp3) is 0.808. The van der Waals surface area contributed by atoms with Crippen LogP contribution in [0.2, 0.25) is 0 Å². The van der Waals surface area contributed by atoms with Crippen molar-refractivity contribution >= 4 is 29.9 Å². The van der Waals surface area contributed by atoms with Crippen LogP contribution in [0.25, 0.3) is 0 Å². The number of carboxylic acid groups (broad SMARTS) is 3. The van der Waals surface area contributed by atoms with E-state index in [2.05, 4.69) is 4.90 Å². The molecule has 3 aliphatic heterocycles. The number of morpholine rings is 1. The van der Waals surface area contributed by atoms with E-state index in [-0.39, 0.29) is 16.9 Å². The molecule has 2 saturated heterocycles. The van der Waals surface area contributed by atoms with Crippen molar-refractivity contribution < 1.29 is 38.8 Å². The number of piperazine rings is 1. The predicted octanol–water partition coefficient (Wildman–Crippen LogP) is 4.17. The summed E-state index contributed by atoms with van der Waals surface area (Å²) in [5.74, 6) is -1.05. The van der Waals surface area contributed by atoms with Crippen LogP contribution in [0.15, 0.2) is 11.6 Å². The number of hydrogen-bond acceptors (Lipinski definition) is 8. The van der Waals surface area contributed by atoms with Crippen molar-refractivity contribution in [1.29, 1.82) is 0 Å². The molecule has 41 heavy (non-hydrogen) atoms. The molecule has 0 aliphatic carbocycles. The lowest BCUT2D eigenvalue weighted by atomic mass is 9.82. The zero-order valence-corrected chi connectivity index (χ0v) is 26.1. The molecule has 2 fully saturated rings. The maximum absolute atomic E-state index is 17.4. The van der Waals surface area contributed by atoms with Gasteiger partial charge in [0.2, 0.25) is 0 Å². The van der Waals surface area contributed by atoms with E-state index in [0.29, 0.717) is 32.8 Å². The molecule has 3 atom stereocenters. The van der Waals surface area contributed by atoms with E-state index < -0.39 is 56.9 Å². The summed E-state index contributed by atoms with van der Waals surface area (Å²) in [5.41, 5.74) is -2.89. The average Bonchev–Trinajstić information content (AvgIpc) is 2.80. The van der Waals surface area contributed by atoms with Gasteiger partial charge in [-0.3, -0.25) is 4.90 Å². The first-order chi connectivity index (χ1) is 18.6. The normalized spacial score (nSPS) is 27.0. The van der Waals surface area contributed by atoms with Crippen LogP contribution in [0.1, 0.15) is 62.3 Å². The summed E-state index contributed by atoms with van der Waals surface area (Å²) in [6.07, 6.45) is -8.24. The Hall–Kier alpha value is -2.55. The molecule has 0 bridgehead atoms. The Morgan fingerprint density at radius 2 is 1.49 bits per heavy atom. The third-order valence-corrected chi connectivity index (χ3v) is 8.52. The Bertz CT molecular complexity index is 1070. The number of ether oxygens (including phenoxy) is 1. The second kappa shape index (κ2) is 10.9. The van der Waals surface area contributed by atoms with Gasteiger partial charge in [-0.15, -0.1) is 5.01 Å². The Morgan fingerprint density at radius 3 is 1.93 bits per heavy atom. The van der Waals surface area contributed by atoms with E-state index in [4.69, 9.17) is 16.3 Å². The van der Waals surface area contributed by atoms with Gasteiger partial charge >= 0.3 is 18.3 Å². The monoisotopic (exact) mass is 606 g/mol. The Morgan fingerprint density at radius 1 is 0.927 bits per heavy atom. The van der Waals surface area contributed by atoms with Gasteiger partial charge in [0.05, 0.1) is 19.3 Å². The summed E-state index contributed by atoms with van der Waals surface area (Å²) in [4.78, 5) is 44.1. The molecule has 0 aromatic heterocycles. The fourth-order valence-corrected chi connectivity index (χ4v) is 6.71. The molecule has 0 aromatic rings. The lowest BCUT2D eigenvalue weighted by Crippen LogP contribution is -2.80. The fourth-order valence-electron chi connectivity index (χ4n) is 6.03. The molecule has 3 aliphatic rings. The minimum absolute atomic E-state index is 0.00586. The maximum Gasteiger partial charge on any atom is 0.436 e. The number of nitrogens with zero attached hydrogens (tertiary/aromatic N) is 6. The van der Waals surface area contributed by atoms with Gasteiger partial charge in [0.25, 0.3) is 0 Å². The minimum atomic E-state index is -2.11. The highest BCUT2D eigenvalue weighted by molar-refractivity contribution is 6.24. The Labute approximate surface area is 245 Å². The van der Waals surface area contributed by atoms with E-state index in [1.54, 1.807) is 30.6 Å². The molecule has 0 saturated carbocycles. The third kappa shape index (κ3) is 5.75. The van der Waals surface area contributed by atoms with Crippen LogP contribution in [0, 0.1) is 5.41 Å². The third-order valence-electron chi connectivity index (χ3n) is 7.60.